The minimum atomic E-state index is 0.507. The number of nitrogens with zero attached hydrogens (tertiary/aromatic N) is 1. The van der Waals surface area contributed by atoms with E-state index in [0.717, 1.165) is 16.7 Å². The summed E-state index contributed by atoms with van der Waals surface area (Å²) in [4.78, 5) is 4.24. The van der Waals surface area contributed by atoms with E-state index in [1.165, 1.54) is 0 Å². The van der Waals surface area contributed by atoms with Crippen molar-refractivity contribution in [1.29, 1.82) is 0 Å². The molecule has 0 bridgehead atoms. The summed E-state index contributed by atoms with van der Waals surface area (Å²) in [5, 5.41) is 4.06. The van der Waals surface area contributed by atoms with Crippen molar-refractivity contribution in [2.24, 2.45) is 5.92 Å². The van der Waals surface area contributed by atoms with E-state index in [1.807, 2.05) is 14.0 Å². The first-order valence-corrected chi connectivity index (χ1v) is 5.84. The van der Waals surface area contributed by atoms with Gasteiger partial charge >= 0.3 is 0 Å². The Hall–Kier alpha value is -0.480. The van der Waals surface area contributed by atoms with E-state index in [9.17, 15) is 0 Å². The summed E-state index contributed by atoms with van der Waals surface area (Å²) < 4.78 is 5.26. The summed E-state index contributed by atoms with van der Waals surface area (Å²) in [6.07, 6.45) is 1.69. The van der Waals surface area contributed by atoms with Gasteiger partial charge in [-0.15, -0.1) is 0 Å². The zero-order valence-corrected chi connectivity index (χ0v) is 10.0. The first kappa shape index (κ1) is 11.6. The number of rotatable bonds is 5. The number of hydrogen-bond donors (Lipinski definition) is 1. The molecule has 80 valence electrons. The fourth-order valence-corrected chi connectivity index (χ4v) is 2.37. The molecule has 1 unspecified atom stereocenters. The zero-order chi connectivity index (χ0) is 10.6. The van der Waals surface area contributed by atoms with Crippen LogP contribution in [0.25, 0.3) is 0 Å². The molecule has 3 nitrogen and oxygen atoms in total. The second-order valence-corrected chi connectivity index (χ2v) is 4.68. The van der Waals surface area contributed by atoms with Crippen LogP contribution in [0.3, 0.4) is 0 Å². The molecule has 14 heavy (non-hydrogen) atoms. The number of hydrogen-bond acceptors (Lipinski definition) is 4. The second-order valence-electron chi connectivity index (χ2n) is 3.70. The third-order valence-electron chi connectivity index (χ3n) is 2.16. The predicted octanol–water partition coefficient (Wildman–Crippen LogP) is 2.32. The average molecular weight is 214 g/mol. The van der Waals surface area contributed by atoms with Gasteiger partial charge in [0, 0.05) is 11.8 Å². The molecular weight excluding hydrogens is 196 g/mol. The van der Waals surface area contributed by atoms with Crippen LogP contribution in [-0.4, -0.2) is 23.8 Å². The Morgan fingerprint density at radius 1 is 1.57 bits per heavy atom. The molecule has 0 aliphatic carbocycles. The lowest BCUT2D eigenvalue weighted by Crippen LogP contribution is -2.32. The minimum absolute atomic E-state index is 0.507. The zero-order valence-electron chi connectivity index (χ0n) is 9.20. The van der Waals surface area contributed by atoms with Gasteiger partial charge in [-0.3, -0.25) is 0 Å². The molecule has 0 saturated heterocycles. The van der Waals surface area contributed by atoms with Crippen molar-refractivity contribution in [3.8, 4) is 0 Å². The second kappa shape index (κ2) is 5.41. The Bertz CT molecular complexity index is 273. The minimum Gasteiger partial charge on any atom is -0.440 e. The van der Waals surface area contributed by atoms with Crippen LogP contribution in [0.4, 0.5) is 0 Å². The van der Waals surface area contributed by atoms with Crippen LogP contribution in [-0.2, 0) is 0 Å². The van der Waals surface area contributed by atoms with Crippen molar-refractivity contribution in [3.05, 3.63) is 12.0 Å². The molecule has 0 amide bonds. The normalized spacial score (nSPS) is 13.5. The highest BCUT2D eigenvalue weighted by Gasteiger charge is 2.12. The van der Waals surface area contributed by atoms with Gasteiger partial charge in [0.25, 0.3) is 5.22 Å². The van der Waals surface area contributed by atoms with Gasteiger partial charge in [0.2, 0.25) is 0 Å². The predicted molar refractivity (Wildman–Crippen MR) is 59.6 cm³/mol. The maximum atomic E-state index is 5.26. The Morgan fingerprint density at radius 2 is 2.29 bits per heavy atom. The van der Waals surface area contributed by atoms with Gasteiger partial charge in [-0.1, -0.05) is 25.6 Å². The Kier molecular flexibility index (Phi) is 4.48. The molecule has 4 heteroatoms. The molecule has 1 rings (SSSR count). The van der Waals surface area contributed by atoms with E-state index in [1.54, 1.807) is 18.0 Å². The molecule has 0 radical (unpaired) electrons. The Balaban J connectivity index is 2.39. The van der Waals surface area contributed by atoms with Gasteiger partial charge in [-0.05, 0) is 19.9 Å². The third kappa shape index (κ3) is 3.35. The standard InChI is InChI=1S/C10H18N2OS/c1-7(2)9(11-4)6-14-10-12-8(3)5-13-10/h5,7,9,11H,6H2,1-4H3. The molecule has 1 atom stereocenters. The summed E-state index contributed by atoms with van der Waals surface area (Å²) in [6, 6.07) is 0.507. The summed E-state index contributed by atoms with van der Waals surface area (Å²) in [5.41, 5.74) is 0.943. The van der Waals surface area contributed by atoms with Gasteiger partial charge in [0.15, 0.2) is 0 Å². The summed E-state index contributed by atoms with van der Waals surface area (Å²) in [7, 11) is 1.99. The van der Waals surface area contributed by atoms with E-state index in [4.69, 9.17) is 4.42 Å². The first-order chi connectivity index (χ1) is 6.63. The third-order valence-corrected chi connectivity index (χ3v) is 3.12. The van der Waals surface area contributed by atoms with Gasteiger partial charge in [-0.2, -0.15) is 0 Å². The van der Waals surface area contributed by atoms with Crippen LogP contribution in [0.2, 0.25) is 0 Å². The van der Waals surface area contributed by atoms with Crippen LogP contribution in [0, 0.1) is 12.8 Å². The highest BCUT2D eigenvalue weighted by Crippen LogP contribution is 2.19. The number of nitrogens with one attached hydrogen (secondary N) is 1. The van der Waals surface area contributed by atoms with Gasteiger partial charge in [0.1, 0.15) is 6.26 Å². The van der Waals surface area contributed by atoms with Gasteiger partial charge < -0.3 is 9.73 Å². The molecule has 0 spiro atoms. The van der Waals surface area contributed by atoms with E-state index < -0.39 is 0 Å². The average Bonchev–Trinajstić information content (AvgIpc) is 2.52. The Morgan fingerprint density at radius 3 is 2.71 bits per heavy atom. The van der Waals surface area contributed by atoms with Crippen molar-refractivity contribution in [1.82, 2.24) is 10.3 Å². The molecular formula is C10H18N2OS. The summed E-state index contributed by atoms with van der Waals surface area (Å²) >= 11 is 1.66. The number of aryl methyl sites for hydroxylation is 1. The molecule has 0 aliphatic heterocycles. The fraction of sp³-hybridized carbons (Fsp3) is 0.700. The molecule has 0 fully saturated rings. The van der Waals surface area contributed by atoms with Gasteiger partial charge in [0.05, 0.1) is 5.69 Å². The van der Waals surface area contributed by atoms with Gasteiger partial charge in [-0.25, -0.2) is 4.98 Å². The number of aromatic nitrogens is 1. The first-order valence-electron chi connectivity index (χ1n) is 4.85. The lowest BCUT2D eigenvalue weighted by Gasteiger charge is -2.18. The molecule has 0 aromatic carbocycles. The lowest BCUT2D eigenvalue weighted by molar-refractivity contribution is 0.445. The SMILES string of the molecule is CNC(CSc1nc(C)co1)C(C)C. The van der Waals surface area contributed by atoms with E-state index in [-0.39, 0.29) is 0 Å². The smallest absolute Gasteiger partial charge is 0.255 e. The highest BCUT2D eigenvalue weighted by atomic mass is 32.2. The maximum Gasteiger partial charge on any atom is 0.255 e. The molecule has 1 N–H and O–H groups in total. The quantitative estimate of drug-likeness (QED) is 0.763. The van der Waals surface area contributed by atoms with E-state index in [2.05, 4.69) is 24.1 Å². The highest BCUT2D eigenvalue weighted by molar-refractivity contribution is 7.99. The monoisotopic (exact) mass is 214 g/mol. The van der Waals surface area contributed by atoms with Crippen LogP contribution in [0.1, 0.15) is 19.5 Å². The molecule has 1 aromatic heterocycles. The van der Waals surface area contributed by atoms with Crippen molar-refractivity contribution < 1.29 is 4.42 Å². The molecule has 0 aliphatic rings. The van der Waals surface area contributed by atoms with Crippen LogP contribution in [0.15, 0.2) is 15.9 Å². The maximum absolute atomic E-state index is 5.26. The summed E-state index contributed by atoms with van der Waals surface area (Å²) in [6.45, 7) is 6.36. The van der Waals surface area contributed by atoms with Crippen LogP contribution < -0.4 is 5.32 Å². The molecule has 1 aromatic rings. The fourth-order valence-electron chi connectivity index (χ4n) is 1.17. The largest absolute Gasteiger partial charge is 0.440 e. The topological polar surface area (TPSA) is 38.1 Å². The lowest BCUT2D eigenvalue weighted by atomic mass is 10.1. The van der Waals surface area contributed by atoms with E-state index in [0.29, 0.717) is 12.0 Å². The van der Waals surface area contributed by atoms with Crippen molar-refractivity contribution in [2.45, 2.75) is 32.0 Å². The van der Waals surface area contributed by atoms with Crippen molar-refractivity contribution in [3.63, 3.8) is 0 Å². The molecule has 0 saturated carbocycles. The number of oxazole rings is 1. The van der Waals surface area contributed by atoms with Crippen LogP contribution >= 0.6 is 11.8 Å². The summed E-state index contributed by atoms with van der Waals surface area (Å²) in [5.74, 6) is 1.62. The van der Waals surface area contributed by atoms with E-state index >= 15 is 0 Å². The van der Waals surface area contributed by atoms with Crippen molar-refractivity contribution in [2.75, 3.05) is 12.8 Å². The van der Waals surface area contributed by atoms with Crippen molar-refractivity contribution >= 4 is 11.8 Å². The molecule has 1 heterocycles. The Labute approximate surface area is 89.7 Å². The number of thioether (sulfide) groups is 1. The van der Waals surface area contributed by atoms with Crippen LogP contribution in [0.5, 0.6) is 0 Å².